The van der Waals surface area contributed by atoms with Crippen LogP contribution < -0.4 is 0 Å². The van der Waals surface area contributed by atoms with E-state index in [9.17, 15) is 5.11 Å². The van der Waals surface area contributed by atoms with Gasteiger partial charge in [-0.25, -0.2) is 0 Å². The topological polar surface area (TPSA) is 29.5 Å². The molecule has 0 aliphatic carbocycles. The van der Waals surface area contributed by atoms with Crippen LogP contribution >= 0.6 is 0 Å². The second-order valence-corrected chi connectivity index (χ2v) is 5.08. The monoisotopic (exact) mass is 202 g/mol. The maximum absolute atomic E-state index is 10.3. The molecule has 0 aromatic rings. The zero-order valence-electron chi connectivity index (χ0n) is 10.6. The van der Waals surface area contributed by atoms with Gasteiger partial charge in [-0.1, -0.05) is 20.8 Å². The minimum absolute atomic E-state index is 0.127. The van der Waals surface area contributed by atoms with Crippen LogP contribution in [0.15, 0.2) is 0 Å². The molecule has 0 spiro atoms. The third kappa shape index (κ3) is 3.97. The summed E-state index contributed by atoms with van der Waals surface area (Å²) in [6, 6.07) is 0. The molecule has 1 N–H and O–H groups in total. The summed E-state index contributed by atoms with van der Waals surface area (Å²) in [6.07, 6.45) is 2.51. The van der Waals surface area contributed by atoms with Gasteiger partial charge in [-0.2, -0.15) is 0 Å². The lowest BCUT2D eigenvalue weighted by atomic mass is 9.81. The second-order valence-electron chi connectivity index (χ2n) is 5.08. The molecule has 0 saturated carbocycles. The Labute approximate surface area is 88.7 Å². The minimum atomic E-state index is -0.532. The van der Waals surface area contributed by atoms with Gasteiger partial charge in [-0.3, -0.25) is 0 Å². The third-order valence-corrected chi connectivity index (χ3v) is 3.40. The number of hydrogen-bond acceptors (Lipinski definition) is 2. The maximum atomic E-state index is 10.3. The number of rotatable bonds is 6. The van der Waals surface area contributed by atoms with E-state index in [1.165, 1.54) is 0 Å². The van der Waals surface area contributed by atoms with Gasteiger partial charge in [0.1, 0.15) is 0 Å². The molecule has 2 nitrogen and oxygen atoms in total. The van der Waals surface area contributed by atoms with Crippen LogP contribution in [0.3, 0.4) is 0 Å². The van der Waals surface area contributed by atoms with Crippen LogP contribution in [0.5, 0.6) is 0 Å². The summed E-state index contributed by atoms with van der Waals surface area (Å²) >= 11 is 0. The molecule has 0 bridgehead atoms. The van der Waals surface area contributed by atoms with Gasteiger partial charge in [0.25, 0.3) is 0 Å². The lowest BCUT2D eigenvalue weighted by Gasteiger charge is -2.34. The first-order chi connectivity index (χ1) is 6.27. The van der Waals surface area contributed by atoms with Crippen molar-refractivity contribution in [2.24, 2.45) is 5.92 Å². The quantitative estimate of drug-likeness (QED) is 0.717. The zero-order valence-corrected chi connectivity index (χ0v) is 10.6. The molecule has 0 aliphatic rings. The van der Waals surface area contributed by atoms with Crippen LogP contribution in [0.25, 0.3) is 0 Å². The summed E-state index contributed by atoms with van der Waals surface area (Å²) < 4.78 is 5.35. The van der Waals surface area contributed by atoms with Crippen molar-refractivity contribution in [2.75, 3.05) is 7.11 Å². The highest BCUT2D eigenvalue weighted by Crippen LogP contribution is 2.29. The molecular weight excluding hydrogens is 176 g/mol. The van der Waals surface area contributed by atoms with Gasteiger partial charge in [0.2, 0.25) is 0 Å². The predicted octanol–water partition coefficient (Wildman–Crippen LogP) is 2.99. The van der Waals surface area contributed by atoms with E-state index >= 15 is 0 Å². The molecule has 0 heterocycles. The van der Waals surface area contributed by atoms with Gasteiger partial charge in [0, 0.05) is 7.11 Å². The summed E-state index contributed by atoms with van der Waals surface area (Å²) in [4.78, 5) is 0. The molecule has 0 aliphatic heterocycles. The van der Waals surface area contributed by atoms with Gasteiger partial charge in [-0.15, -0.1) is 0 Å². The molecule has 1 unspecified atom stereocenters. The molecule has 0 rings (SSSR count). The smallest absolute Gasteiger partial charge is 0.0669 e. The van der Waals surface area contributed by atoms with Crippen LogP contribution in [-0.4, -0.2) is 23.4 Å². The largest absolute Gasteiger partial charge is 0.390 e. The lowest BCUT2D eigenvalue weighted by molar-refractivity contribution is -0.0507. The van der Waals surface area contributed by atoms with Gasteiger partial charge >= 0.3 is 0 Å². The van der Waals surface area contributed by atoms with E-state index in [0.29, 0.717) is 5.92 Å². The van der Waals surface area contributed by atoms with Crippen molar-refractivity contribution in [3.63, 3.8) is 0 Å². The Bertz CT molecular complexity index is 164. The van der Waals surface area contributed by atoms with Crippen molar-refractivity contribution in [1.82, 2.24) is 0 Å². The SMILES string of the molecule is CCC(O)(CCC(C)(C)OC)C(C)C. The highest BCUT2D eigenvalue weighted by molar-refractivity contribution is 4.83. The molecule has 14 heavy (non-hydrogen) atoms. The summed E-state index contributed by atoms with van der Waals surface area (Å²) in [5.74, 6) is 0.306. The van der Waals surface area contributed by atoms with Gasteiger partial charge in [-0.05, 0) is 39.0 Å². The first kappa shape index (κ1) is 13.9. The van der Waals surface area contributed by atoms with E-state index in [4.69, 9.17) is 4.74 Å². The summed E-state index contributed by atoms with van der Waals surface area (Å²) in [7, 11) is 1.72. The Morgan fingerprint density at radius 3 is 2.00 bits per heavy atom. The van der Waals surface area contributed by atoms with Crippen molar-refractivity contribution < 1.29 is 9.84 Å². The van der Waals surface area contributed by atoms with Crippen LogP contribution in [-0.2, 0) is 4.74 Å². The van der Waals surface area contributed by atoms with Gasteiger partial charge in [0.05, 0.1) is 11.2 Å². The van der Waals surface area contributed by atoms with E-state index in [2.05, 4.69) is 27.7 Å². The summed E-state index contributed by atoms with van der Waals surface area (Å²) in [5.41, 5.74) is -0.659. The van der Waals surface area contributed by atoms with Crippen molar-refractivity contribution in [3.8, 4) is 0 Å². The molecule has 0 radical (unpaired) electrons. The second kappa shape index (κ2) is 5.13. The first-order valence-corrected chi connectivity index (χ1v) is 5.55. The molecule has 0 aromatic carbocycles. The zero-order chi connectivity index (χ0) is 11.4. The van der Waals surface area contributed by atoms with Crippen LogP contribution in [0.4, 0.5) is 0 Å². The number of ether oxygens (including phenoxy) is 1. The van der Waals surface area contributed by atoms with Crippen LogP contribution in [0.1, 0.15) is 53.9 Å². The fourth-order valence-corrected chi connectivity index (χ4v) is 1.49. The van der Waals surface area contributed by atoms with E-state index in [1.807, 2.05) is 6.92 Å². The Hall–Kier alpha value is -0.0800. The number of methoxy groups -OCH3 is 1. The van der Waals surface area contributed by atoms with Crippen molar-refractivity contribution in [3.05, 3.63) is 0 Å². The summed E-state index contributed by atoms with van der Waals surface area (Å²) in [6.45, 7) is 10.3. The van der Waals surface area contributed by atoms with Crippen LogP contribution in [0, 0.1) is 5.92 Å². The Balaban J connectivity index is 4.21. The minimum Gasteiger partial charge on any atom is -0.390 e. The maximum Gasteiger partial charge on any atom is 0.0669 e. The van der Waals surface area contributed by atoms with Crippen LogP contribution in [0.2, 0.25) is 0 Å². The Morgan fingerprint density at radius 2 is 1.71 bits per heavy atom. The summed E-state index contributed by atoms with van der Waals surface area (Å²) in [5, 5.41) is 10.3. The lowest BCUT2D eigenvalue weighted by Crippen LogP contribution is -2.37. The number of aliphatic hydroxyl groups is 1. The first-order valence-electron chi connectivity index (χ1n) is 5.55. The number of hydrogen-bond donors (Lipinski definition) is 1. The van der Waals surface area contributed by atoms with Gasteiger partial charge in [0.15, 0.2) is 0 Å². The molecular formula is C12H26O2. The molecule has 0 fully saturated rings. The predicted molar refractivity (Wildman–Crippen MR) is 60.4 cm³/mol. The molecule has 2 heteroatoms. The molecule has 0 saturated heterocycles. The molecule has 86 valence electrons. The van der Waals surface area contributed by atoms with E-state index in [0.717, 1.165) is 19.3 Å². The van der Waals surface area contributed by atoms with Crippen molar-refractivity contribution in [1.29, 1.82) is 0 Å². The van der Waals surface area contributed by atoms with E-state index in [-0.39, 0.29) is 5.60 Å². The van der Waals surface area contributed by atoms with E-state index in [1.54, 1.807) is 7.11 Å². The fourth-order valence-electron chi connectivity index (χ4n) is 1.49. The van der Waals surface area contributed by atoms with Crippen molar-refractivity contribution in [2.45, 2.75) is 65.1 Å². The molecule has 1 atom stereocenters. The average molecular weight is 202 g/mol. The Morgan fingerprint density at radius 1 is 1.21 bits per heavy atom. The average Bonchev–Trinajstić information content (AvgIpc) is 2.14. The fraction of sp³-hybridized carbons (Fsp3) is 1.00. The van der Waals surface area contributed by atoms with Crippen molar-refractivity contribution >= 4 is 0 Å². The third-order valence-electron chi connectivity index (χ3n) is 3.40. The Kier molecular flexibility index (Phi) is 5.10. The van der Waals surface area contributed by atoms with E-state index < -0.39 is 5.60 Å². The highest BCUT2D eigenvalue weighted by Gasteiger charge is 2.31. The standard InChI is InChI=1S/C12H26O2/c1-7-12(13,10(2)3)9-8-11(4,5)14-6/h10,13H,7-9H2,1-6H3. The highest BCUT2D eigenvalue weighted by atomic mass is 16.5. The molecule has 0 aromatic heterocycles. The van der Waals surface area contributed by atoms with Gasteiger partial charge < -0.3 is 9.84 Å². The molecule has 0 amide bonds. The normalized spacial score (nSPS) is 17.1.